The summed E-state index contributed by atoms with van der Waals surface area (Å²) >= 11 is 0. The van der Waals surface area contributed by atoms with E-state index in [1.54, 1.807) is 25.2 Å². The number of carbonyl (C=O) groups excluding carboxylic acids is 1. The first-order valence-electron chi connectivity index (χ1n) is 7.59. The summed E-state index contributed by atoms with van der Waals surface area (Å²) in [5.74, 6) is 0.633. The fourth-order valence-electron chi connectivity index (χ4n) is 2.88. The minimum atomic E-state index is -3.75. The van der Waals surface area contributed by atoms with Crippen LogP contribution < -0.4 is 14.8 Å². The maximum atomic E-state index is 12.1. The molecule has 0 radical (unpaired) electrons. The molecular weight excluding hydrogens is 342 g/mol. The van der Waals surface area contributed by atoms with E-state index in [9.17, 15) is 13.2 Å². The number of urea groups is 1. The molecule has 0 saturated carbocycles. The van der Waals surface area contributed by atoms with E-state index in [1.165, 1.54) is 4.90 Å². The third-order valence-electron chi connectivity index (χ3n) is 4.07. The minimum absolute atomic E-state index is 0.108. The van der Waals surface area contributed by atoms with Crippen molar-refractivity contribution >= 4 is 22.1 Å². The van der Waals surface area contributed by atoms with Crippen LogP contribution in [-0.2, 0) is 23.3 Å². The molecule has 25 heavy (non-hydrogen) atoms. The zero-order chi connectivity index (χ0) is 18.2. The van der Waals surface area contributed by atoms with Gasteiger partial charge in [-0.2, -0.15) is 13.1 Å². The van der Waals surface area contributed by atoms with Gasteiger partial charge in [0.2, 0.25) is 0 Å². The Kier molecular flexibility index (Phi) is 4.46. The summed E-state index contributed by atoms with van der Waals surface area (Å²) in [4.78, 5) is 19.6. The van der Waals surface area contributed by atoms with Crippen molar-refractivity contribution in [2.75, 3.05) is 19.0 Å². The van der Waals surface area contributed by atoms with Crippen LogP contribution in [0.15, 0.2) is 36.5 Å². The van der Waals surface area contributed by atoms with Gasteiger partial charge in [0.15, 0.2) is 0 Å². The number of aromatic nitrogens is 1. The fourth-order valence-corrected chi connectivity index (χ4v) is 3.25. The smallest absolute Gasteiger partial charge is 0.323 e. The molecule has 2 heterocycles. The lowest BCUT2D eigenvalue weighted by molar-refractivity contribution is 0.212. The molecule has 1 aromatic carbocycles. The Morgan fingerprint density at radius 2 is 2.04 bits per heavy atom. The Labute approximate surface area is 146 Å². The molecule has 1 aromatic heterocycles. The van der Waals surface area contributed by atoms with E-state index in [1.807, 2.05) is 30.3 Å². The van der Waals surface area contributed by atoms with Crippen LogP contribution in [0, 0.1) is 0 Å². The summed E-state index contributed by atoms with van der Waals surface area (Å²) in [6.45, 7) is 0.569. The van der Waals surface area contributed by atoms with E-state index < -0.39 is 10.2 Å². The second kappa shape index (κ2) is 6.43. The molecule has 1 aliphatic rings. The largest absolute Gasteiger partial charge is 0.325 e. The number of hydrogen-bond donors (Lipinski definition) is 2. The average molecular weight is 361 g/mol. The number of carbonyl (C=O) groups is 1. The van der Waals surface area contributed by atoms with Crippen LogP contribution >= 0.6 is 0 Å². The maximum absolute atomic E-state index is 12.1. The van der Waals surface area contributed by atoms with E-state index in [0.717, 1.165) is 22.3 Å². The van der Waals surface area contributed by atoms with Crippen molar-refractivity contribution in [3.63, 3.8) is 0 Å². The highest BCUT2D eigenvalue weighted by molar-refractivity contribution is 7.87. The monoisotopic (exact) mass is 361 g/mol. The van der Waals surface area contributed by atoms with Crippen LogP contribution in [-0.4, -0.2) is 38.4 Å². The van der Waals surface area contributed by atoms with Crippen LogP contribution in [0.3, 0.4) is 0 Å². The molecule has 132 valence electrons. The number of benzene rings is 1. The highest BCUT2D eigenvalue weighted by atomic mass is 32.2. The third-order valence-corrected chi connectivity index (χ3v) is 4.62. The quantitative estimate of drug-likeness (QED) is 0.848. The first-order chi connectivity index (χ1) is 11.8. The van der Waals surface area contributed by atoms with Gasteiger partial charge in [0.25, 0.3) is 10.2 Å². The van der Waals surface area contributed by atoms with Gasteiger partial charge < -0.3 is 4.90 Å². The van der Waals surface area contributed by atoms with E-state index in [0.29, 0.717) is 12.4 Å². The standard InChI is InChI=1S/C16H19N5O3S/c1-20-10-14-13(6-7-18-15(14)21(2)16(20)22)12-5-3-4-11(8-12)9-19-25(17,23)24/h3-8,19H,9-10H2,1-2H3,(H2,17,23,24). The van der Waals surface area contributed by atoms with Crippen LogP contribution in [0.5, 0.6) is 0 Å². The summed E-state index contributed by atoms with van der Waals surface area (Å²) in [6.07, 6.45) is 1.67. The van der Waals surface area contributed by atoms with Crippen LogP contribution in [0.2, 0.25) is 0 Å². The number of rotatable bonds is 4. The summed E-state index contributed by atoms with van der Waals surface area (Å²) in [5.41, 5.74) is 3.60. The van der Waals surface area contributed by atoms with Gasteiger partial charge in [-0.3, -0.25) is 4.90 Å². The fraction of sp³-hybridized carbons (Fsp3) is 0.250. The topological polar surface area (TPSA) is 109 Å². The molecule has 0 bridgehead atoms. The molecule has 1 aliphatic heterocycles. The van der Waals surface area contributed by atoms with Crippen molar-refractivity contribution in [2.24, 2.45) is 5.14 Å². The van der Waals surface area contributed by atoms with Crippen LogP contribution in [0.25, 0.3) is 11.1 Å². The molecule has 0 spiro atoms. The van der Waals surface area contributed by atoms with Gasteiger partial charge in [0.05, 0.1) is 6.54 Å². The number of amides is 2. The van der Waals surface area contributed by atoms with Gasteiger partial charge in [-0.15, -0.1) is 0 Å². The van der Waals surface area contributed by atoms with Gasteiger partial charge in [0, 0.05) is 32.4 Å². The predicted molar refractivity (Wildman–Crippen MR) is 94.9 cm³/mol. The molecule has 3 N–H and O–H groups in total. The van der Waals surface area contributed by atoms with Gasteiger partial charge in [-0.1, -0.05) is 18.2 Å². The highest BCUT2D eigenvalue weighted by Crippen LogP contribution is 2.33. The van der Waals surface area contributed by atoms with E-state index in [-0.39, 0.29) is 12.6 Å². The molecule has 2 amide bonds. The molecule has 0 fully saturated rings. The molecule has 0 atom stereocenters. The summed E-state index contributed by atoms with van der Waals surface area (Å²) < 4.78 is 24.4. The SMILES string of the molecule is CN1Cc2c(-c3cccc(CNS(N)(=O)=O)c3)ccnc2N(C)C1=O. The Morgan fingerprint density at radius 3 is 2.76 bits per heavy atom. The number of hydrogen-bond acceptors (Lipinski definition) is 4. The van der Waals surface area contributed by atoms with Crippen LogP contribution in [0.1, 0.15) is 11.1 Å². The lowest BCUT2D eigenvalue weighted by atomic mass is 9.97. The second-order valence-corrected chi connectivity index (χ2v) is 7.30. The van der Waals surface area contributed by atoms with E-state index in [2.05, 4.69) is 9.71 Å². The van der Waals surface area contributed by atoms with Gasteiger partial charge in [-0.05, 0) is 28.8 Å². The van der Waals surface area contributed by atoms with Gasteiger partial charge >= 0.3 is 6.03 Å². The van der Waals surface area contributed by atoms with Crippen molar-refractivity contribution in [3.8, 4) is 11.1 Å². The second-order valence-electron chi connectivity index (χ2n) is 5.92. The molecule has 8 nitrogen and oxygen atoms in total. The highest BCUT2D eigenvalue weighted by Gasteiger charge is 2.28. The molecular formula is C16H19N5O3S. The minimum Gasteiger partial charge on any atom is -0.323 e. The Morgan fingerprint density at radius 1 is 1.28 bits per heavy atom. The van der Waals surface area contributed by atoms with E-state index >= 15 is 0 Å². The first kappa shape index (κ1) is 17.3. The number of nitrogens with two attached hydrogens (primary N) is 1. The first-order valence-corrected chi connectivity index (χ1v) is 9.14. The Balaban J connectivity index is 2.00. The van der Waals surface area contributed by atoms with Crippen molar-refractivity contribution in [3.05, 3.63) is 47.7 Å². The molecule has 9 heteroatoms. The summed E-state index contributed by atoms with van der Waals surface area (Å²) in [7, 11) is -0.310. The summed E-state index contributed by atoms with van der Waals surface area (Å²) in [6, 6.07) is 9.28. The summed E-state index contributed by atoms with van der Waals surface area (Å²) in [5, 5.41) is 4.98. The van der Waals surface area contributed by atoms with Crippen molar-refractivity contribution in [1.82, 2.24) is 14.6 Å². The van der Waals surface area contributed by atoms with Gasteiger partial charge in [0.1, 0.15) is 5.82 Å². The third kappa shape index (κ3) is 3.63. The molecule has 0 unspecified atom stereocenters. The number of pyridine rings is 1. The van der Waals surface area contributed by atoms with E-state index in [4.69, 9.17) is 5.14 Å². The normalized spacial score (nSPS) is 14.6. The predicted octanol–water partition coefficient (Wildman–Crippen LogP) is 1.04. The molecule has 2 aromatic rings. The van der Waals surface area contributed by atoms with Crippen LogP contribution in [0.4, 0.5) is 10.6 Å². The Bertz CT molecular complexity index is 929. The molecule has 3 rings (SSSR count). The average Bonchev–Trinajstić information content (AvgIpc) is 2.57. The van der Waals surface area contributed by atoms with Crippen molar-refractivity contribution < 1.29 is 13.2 Å². The molecule has 0 aliphatic carbocycles. The lowest BCUT2D eigenvalue weighted by Gasteiger charge is -2.32. The zero-order valence-corrected chi connectivity index (χ0v) is 14.7. The number of nitrogens with zero attached hydrogens (tertiary/aromatic N) is 3. The number of anilines is 1. The lowest BCUT2D eigenvalue weighted by Crippen LogP contribution is -2.43. The van der Waals surface area contributed by atoms with Crippen molar-refractivity contribution in [2.45, 2.75) is 13.1 Å². The number of fused-ring (bicyclic) bond motifs is 1. The molecule has 0 saturated heterocycles. The van der Waals surface area contributed by atoms with Crippen molar-refractivity contribution in [1.29, 1.82) is 0 Å². The maximum Gasteiger partial charge on any atom is 0.325 e. The zero-order valence-electron chi connectivity index (χ0n) is 13.9. The number of nitrogens with one attached hydrogen (secondary N) is 1. The van der Waals surface area contributed by atoms with Gasteiger partial charge in [-0.25, -0.2) is 14.9 Å². The Hall–Kier alpha value is -2.49.